The van der Waals surface area contributed by atoms with Gasteiger partial charge >= 0.3 is 0 Å². The lowest BCUT2D eigenvalue weighted by Crippen LogP contribution is -2.25. The van der Waals surface area contributed by atoms with Crippen molar-refractivity contribution < 1.29 is 9.32 Å². The standard InChI is InChI=1S/C23H29ClN6O2/c1-4-6-11-29(12-7-5-2)14-19-26-22(27-32-19)21-18-13-28(3)23(31)20-16(24)9-8-10-17(20)30(18)15-25-21/h8-10,15H,4-7,11-14H2,1-3H3. The number of rotatable bonds is 9. The van der Waals surface area contributed by atoms with Gasteiger partial charge in [-0.1, -0.05) is 49.5 Å². The van der Waals surface area contributed by atoms with E-state index in [1.54, 1.807) is 24.3 Å². The molecule has 0 fully saturated rings. The molecule has 3 aromatic rings. The van der Waals surface area contributed by atoms with Gasteiger partial charge in [-0.15, -0.1) is 0 Å². The molecular formula is C23H29ClN6O2. The Balaban J connectivity index is 1.64. The number of aromatic nitrogens is 4. The van der Waals surface area contributed by atoms with Crippen molar-refractivity contribution in [3.63, 3.8) is 0 Å². The molecule has 1 aromatic carbocycles. The van der Waals surface area contributed by atoms with Crippen LogP contribution in [0.25, 0.3) is 17.2 Å². The van der Waals surface area contributed by atoms with Crippen molar-refractivity contribution in [2.45, 2.75) is 52.6 Å². The fourth-order valence-corrected chi connectivity index (χ4v) is 4.22. The predicted molar refractivity (Wildman–Crippen MR) is 123 cm³/mol. The van der Waals surface area contributed by atoms with E-state index in [0.717, 1.165) is 44.5 Å². The zero-order chi connectivity index (χ0) is 22.7. The van der Waals surface area contributed by atoms with Gasteiger partial charge in [-0.05, 0) is 38.1 Å². The molecule has 0 saturated carbocycles. The molecule has 0 spiro atoms. The summed E-state index contributed by atoms with van der Waals surface area (Å²) in [5.41, 5.74) is 2.61. The van der Waals surface area contributed by atoms with E-state index in [-0.39, 0.29) is 5.91 Å². The van der Waals surface area contributed by atoms with Crippen LogP contribution < -0.4 is 0 Å². The van der Waals surface area contributed by atoms with Crippen LogP contribution in [-0.4, -0.2) is 55.5 Å². The van der Waals surface area contributed by atoms with E-state index >= 15 is 0 Å². The summed E-state index contributed by atoms with van der Waals surface area (Å²) < 4.78 is 7.48. The number of carbonyl (C=O) groups is 1. The van der Waals surface area contributed by atoms with E-state index in [0.29, 0.717) is 46.8 Å². The van der Waals surface area contributed by atoms with Gasteiger partial charge in [-0.25, -0.2) is 4.98 Å². The first-order valence-corrected chi connectivity index (χ1v) is 11.6. The number of halogens is 1. The Morgan fingerprint density at radius 2 is 1.94 bits per heavy atom. The first kappa shape index (κ1) is 22.5. The van der Waals surface area contributed by atoms with Crippen LogP contribution in [0.3, 0.4) is 0 Å². The van der Waals surface area contributed by atoms with Crippen molar-refractivity contribution in [3.05, 3.63) is 46.7 Å². The Bertz CT molecular complexity index is 1080. The molecule has 0 unspecified atom stereocenters. The molecule has 32 heavy (non-hydrogen) atoms. The summed E-state index contributed by atoms with van der Waals surface area (Å²) in [4.78, 5) is 26.1. The minimum Gasteiger partial charge on any atom is -0.337 e. The molecule has 0 aliphatic carbocycles. The van der Waals surface area contributed by atoms with E-state index in [2.05, 4.69) is 33.9 Å². The maximum atomic E-state index is 12.9. The lowest BCUT2D eigenvalue weighted by atomic mass is 10.1. The van der Waals surface area contributed by atoms with Gasteiger partial charge < -0.3 is 9.42 Å². The van der Waals surface area contributed by atoms with Gasteiger partial charge in [0, 0.05) is 7.05 Å². The summed E-state index contributed by atoms with van der Waals surface area (Å²) in [5.74, 6) is 0.887. The maximum absolute atomic E-state index is 12.9. The molecule has 1 aliphatic heterocycles. The SMILES string of the molecule is CCCCN(CCCC)Cc1nc(-c2ncn3c2CN(C)C(=O)c2c(Cl)cccc2-3)no1. The van der Waals surface area contributed by atoms with Crippen molar-refractivity contribution in [2.75, 3.05) is 20.1 Å². The van der Waals surface area contributed by atoms with E-state index in [4.69, 9.17) is 16.1 Å². The quantitative estimate of drug-likeness (QED) is 0.469. The minimum atomic E-state index is -0.128. The molecule has 3 heterocycles. The van der Waals surface area contributed by atoms with Crippen LogP contribution >= 0.6 is 11.6 Å². The van der Waals surface area contributed by atoms with Crippen molar-refractivity contribution in [2.24, 2.45) is 0 Å². The molecule has 8 nitrogen and oxygen atoms in total. The number of amides is 1. The van der Waals surface area contributed by atoms with Crippen LogP contribution in [0.2, 0.25) is 5.02 Å². The second-order valence-electron chi connectivity index (χ2n) is 8.20. The summed E-state index contributed by atoms with van der Waals surface area (Å²) in [6, 6.07) is 5.42. The lowest BCUT2D eigenvalue weighted by molar-refractivity contribution is 0.0788. The van der Waals surface area contributed by atoms with Gasteiger partial charge in [-0.2, -0.15) is 4.98 Å². The molecular weight excluding hydrogens is 428 g/mol. The molecule has 0 bridgehead atoms. The Hall–Kier alpha value is -2.71. The molecule has 0 N–H and O–H groups in total. The number of fused-ring (bicyclic) bond motifs is 3. The van der Waals surface area contributed by atoms with Gasteiger partial charge in [-0.3, -0.25) is 14.3 Å². The molecule has 9 heteroatoms. The van der Waals surface area contributed by atoms with E-state index in [1.165, 1.54) is 0 Å². The van der Waals surface area contributed by atoms with Crippen molar-refractivity contribution in [3.8, 4) is 17.2 Å². The average Bonchev–Trinajstić information content (AvgIpc) is 3.39. The molecule has 2 aromatic heterocycles. The van der Waals surface area contributed by atoms with Gasteiger partial charge in [0.1, 0.15) is 12.0 Å². The molecule has 1 amide bonds. The number of nitrogens with zero attached hydrogens (tertiary/aromatic N) is 6. The van der Waals surface area contributed by atoms with E-state index < -0.39 is 0 Å². The van der Waals surface area contributed by atoms with Crippen molar-refractivity contribution in [1.29, 1.82) is 0 Å². The highest BCUT2D eigenvalue weighted by Gasteiger charge is 2.29. The second kappa shape index (κ2) is 9.83. The lowest BCUT2D eigenvalue weighted by Gasteiger charge is -2.19. The van der Waals surface area contributed by atoms with E-state index in [1.807, 2.05) is 16.7 Å². The molecule has 0 atom stereocenters. The van der Waals surface area contributed by atoms with Crippen molar-refractivity contribution in [1.82, 2.24) is 29.5 Å². The minimum absolute atomic E-state index is 0.128. The molecule has 1 aliphatic rings. The summed E-state index contributed by atoms with van der Waals surface area (Å²) >= 11 is 6.36. The predicted octanol–water partition coefficient (Wildman–Crippen LogP) is 4.56. The number of hydrogen-bond donors (Lipinski definition) is 0. The Morgan fingerprint density at radius 1 is 1.19 bits per heavy atom. The molecule has 0 saturated heterocycles. The number of unbranched alkanes of at least 4 members (excludes halogenated alkanes) is 2. The van der Waals surface area contributed by atoms with Crippen LogP contribution in [0.5, 0.6) is 0 Å². The third-order valence-corrected chi connectivity index (χ3v) is 6.07. The fraction of sp³-hybridized carbons (Fsp3) is 0.478. The first-order valence-electron chi connectivity index (χ1n) is 11.2. The fourth-order valence-electron chi connectivity index (χ4n) is 3.97. The number of benzene rings is 1. The van der Waals surface area contributed by atoms with Crippen LogP contribution in [0, 0.1) is 0 Å². The van der Waals surface area contributed by atoms with Crippen molar-refractivity contribution >= 4 is 17.5 Å². The summed E-state index contributed by atoms with van der Waals surface area (Å²) in [6.45, 7) is 7.40. The number of carbonyl (C=O) groups excluding carboxylic acids is 1. The monoisotopic (exact) mass is 456 g/mol. The molecule has 170 valence electrons. The van der Waals surface area contributed by atoms with Gasteiger partial charge in [0.15, 0.2) is 0 Å². The second-order valence-corrected chi connectivity index (χ2v) is 8.61. The summed E-state index contributed by atoms with van der Waals surface area (Å²) in [7, 11) is 1.75. The summed E-state index contributed by atoms with van der Waals surface area (Å²) in [5, 5.41) is 4.63. The Morgan fingerprint density at radius 3 is 2.66 bits per heavy atom. The van der Waals surface area contributed by atoms with Gasteiger partial charge in [0.2, 0.25) is 11.7 Å². The number of hydrogen-bond acceptors (Lipinski definition) is 6. The molecule has 0 radical (unpaired) electrons. The zero-order valence-corrected chi connectivity index (χ0v) is 19.6. The largest absolute Gasteiger partial charge is 0.337 e. The Labute approximate surface area is 193 Å². The zero-order valence-electron chi connectivity index (χ0n) is 18.8. The first-order chi connectivity index (χ1) is 15.5. The van der Waals surface area contributed by atoms with Gasteiger partial charge in [0.25, 0.3) is 5.91 Å². The third-order valence-electron chi connectivity index (χ3n) is 5.76. The topological polar surface area (TPSA) is 80.3 Å². The van der Waals surface area contributed by atoms with Crippen LogP contribution in [-0.2, 0) is 13.1 Å². The van der Waals surface area contributed by atoms with Crippen LogP contribution in [0.1, 0.15) is 61.5 Å². The highest BCUT2D eigenvalue weighted by atomic mass is 35.5. The summed E-state index contributed by atoms with van der Waals surface area (Å²) in [6.07, 6.45) is 6.27. The smallest absolute Gasteiger partial charge is 0.257 e. The van der Waals surface area contributed by atoms with Crippen LogP contribution in [0.15, 0.2) is 29.0 Å². The third kappa shape index (κ3) is 4.42. The number of imidazole rings is 1. The highest BCUT2D eigenvalue weighted by molar-refractivity contribution is 6.34. The van der Waals surface area contributed by atoms with Crippen LogP contribution in [0.4, 0.5) is 0 Å². The van der Waals surface area contributed by atoms with E-state index in [9.17, 15) is 4.79 Å². The Kier molecular flexibility index (Phi) is 6.91. The normalized spacial score (nSPS) is 13.4. The molecule has 4 rings (SSSR count). The highest BCUT2D eigenvalue weighted by Crippen LogP contribution is 2.32. The maximum Gasteiger partial charge on any atom is 0.257 e. The average molecular weight is 457 g/mol. The van der Waals surface area contributed by atoms with Gasteiger partial charge in [0.05, 0.1) is 35.1 Å².